The Morgan fingerprint density at radius 1 is 1.15 bits per heavy atom. The van der Waals surface area contributed by atoms with Crippen LogP contribution in [0.3, 0.4) is 0 Å². The second-order valence-electron chi connectivity index (χ2n) is 5.92. The van der Waals surface area contributed by atoms with Gasteiger partial charge in [-0.2, -0.15) is 0 Å². The summed E-state index contributed by atoms with van der Waals surface area (Å²) in [4.78, 5) is 2.63. The number of hydrogen-bond donors (Lipinski definition) is 1. The van der Waals surface area contributed by atoms with Gasteiger partial charge in [-0.05, 0) is 43.5 Å². The van der Waals surface area contributed by atoms with Crippen LogP contribution in [0, 0.1) is 0 Å². The first-order valence-corrected chi connectivity index (χ1v) is 8.34. The third-order valence-corrected chi connectivity index (χ3v) is 4.26. The van der Waals surface area contributed by atoms with E-state index >= 15 is 0 Å². The van der Waals surface area contributed by atoms with E-state index < -0.39 is 0 Å². The molecule has 2 rings (SSSR count). The van der Waals surface area contributed by atoms with Crippen LogP contribution in [0.4, 0.5) is 0 Å². The lowest BCUT2D eigenvalue weighted by Gasteiger charge is -2.27. The third kappa shape index (κ3) is 4.32. The Kier molecular flexibility index (Phi) is 6.06. The topological polar surface area (TPSA) is 15.3 Å². The summed E-state index contributed by atoms with van der Waals surface area (Å²) < 4.78 is 0. The number of benzene rings is 1. The molecule has 0 amide bonds. The van der Waals surface area contributed by atoms with E-state index in [1.54, 1.807) is 0 Å². The summed E-state index contributed by atoms with van der Waals surface area (Å²) in [6.07, 6.45) is 5.20. The second kappa shape index (κ2) is 7.80. The maximum absolute atomic E-state index is 3.66. The summed E-state index contributed by atoms with van der Waals surface area (Å²) in [6.45, 7) is 10.1. The summed E-state index contributed by atoms with van der Waals surface area (Å²) in [7, 11) is 0. The van der Waals surface area contributed by atoms with Crippen molar-refractivity contribution in [1.82, 2.24) is 10.2 Å². The molecule has 1 aliphatic carbocycles. The minimum absolute atomic E-state index is 0.469. The van der Waals surface area contributed by atoms with Gasteiger partial charge in [0, 0.05) is 18.6 Å². The molecule has 20 heavy (non-hydrogen) atoms. The van der Waals surface area contributed by atoms with Crippen molar-refractivity contribution in [1.29, 1.82) is 0 Å². The van der Waals surface area contributed by atoms with Gasteiger partial charge in [-0.25, -0.2) is 0 Å². The van der Waals surface area contributed by atoms with E-state index in [1.807, 2.05) is 0 Å². The predicted octanol–water partition coefficient (Wildman–Crippen LogP) is 3.77. The Morgan fingerprint density at radius 3 is 2.35 bits per heavy atom. The molecule has 1 atom stereocenters. The van der Waals surface area contributed by atoms with Crippen molar-refractivity contribution < 1.29 is 0 Å². The highest BCUT2D eigenvalue weighted by molar-refractivity contribution is 5.25. The molecule has 0 aliphatic heterocycles. The number of nitrogens with zero attached hydrogens (tertiary/aromatic N) is 1. The number of aryl methyl sites for hydroxylation is 1. The lowest BCUT2D eigenvalue weighted by atomic mass is 10.0. The lowest BCUT2D eigenvalue weighted by molar-refractivity contribution is 0.245. The van der Waals surface area contributed by atoms with Gasteiger partial charge in [0.1, 0.15) is 0 Å². The second-order valence-corrected chi connectivity index (χ2v) is 5.92. The van der Waals surface area contributed by atoms with Gasteiger partial charge < -0.3 is 5.32 Å². The molecule has 1 unspecified atom stereocenters. The van der Waals surface area contributed by atoms with Gasteiger partial charge in [0.2, 0.25) is 0 Å². The smallest absolute Gasteiger partial charge is 0.0449 e. The molecule has 0 spiro atoms. The van der Waals surface area contributed by atoms with Crippen molar-refractivity contribution in [2.24, 2.45) is 0 Å². The Hall–Kier alpha value is -0.860. The monoisotopic (exact) mass is 274 g/mol. The average Bonchev–Trinajstić information content (AvgIpc) is 3.29. The maximum Gasteiger partial charge on any atom is 0.0449 e. The summed E-state index contributed by atoms with van der Waals surface area (Å²) in [6, 6.07) is 10.6. The van der Waals surface area contributed by atoms with E-state index in [1.165, 1.54) is 43.4 Å². The van der Waals surface area contributed by atoms with Crippen LogP contribution in [0.2, 0.25) is 0 Å². The Morgan fingerprint density at radius 2 is 1.85 bits per heavy atom. The molecular formula is C18H30N2. The number of rotatable bonds is 9. The highest BCUT2D eigenvalue weighted by Gasteiger charge is 2.29. The van der Waals surface area contributed by atoms with Gasteiger partial charge in [-0.1, -0.05) is 51.5 Å². The fourth-order valence-electron chi connectivity index (χ4n) is 2.95. The third-order valence-electron chi connectivity index (χ3n) is 4.26. The predicted molar refractivity (Wildman–Crippen MR) is 87.1 cm³/mol. The highest BCUT2D eigenvalue weighted by Crippen LogP contribution is 2.28. The van der Waals surface area contributed by atoms with Crippen molar-refractivity contribution in [3.8, 4) is 0 Å². The summed E-state index contributed by atoms with van der Waals surface area (Å²) in [5.41, 5.74) is 2.90. The minimum atomic E-state index is 0.469. The molecule has 1 aromatic rings. The van der Waals surface area contributed by atoms with E-state index in [-0.39, 0.29) is 0 Å². The minimum Gasteiger partial charge on any atom is -0.309 e. The molecule has 2 nitrogen and oxygen atoms in total. The van der Waals surface area contributed by atoms with Crippen LogP contribution in [-0.4, -0.2) is 30.6 Å². The summed E-state index contributed by atoms with van der Waals surface area (Å²) >= 11 is 0. The fraction of sp³-hybridized carbons (Fsp3) is 0.667. The summed E-state index contributed by atoms with van der Waals surface area (Å²) in [5.74, 6) is 0. The quantitative estimate of drug-likeness (QED) is 0.737. The summed E-state index contributed by atoms with van der Waals surface area (Å²) in [5, 5.41) is 3.66. The zero-order valence-electron chi connectivity index (χ0n) is 13.4. The van der Waals surface area contributed by atoms with E-state index in [4.69, 9.17) is 0 Å². The highest BCUT2D eigenvalue weighted by atomic mass is 15.2. The van der Waals surface area contributed by atoms with E-state index in [0.29, 0.717) is 6.04 Å². The van der Waals surface area contributed by atoms with Crippen LogP contribution < -0.4 is 5.32 Å². The van der Waals surface area contributed by atoms with Crippen molar-refractivity contribution in [3.63, 3.8) is 0 Å². The molecule has 0 aromatic heterocycles. The molecule has 1 saturated carbocycles. The van der Waals surface area contributed by atoms with Crippen molar-refractivity contribution in [3.05, 3.63) is 35.4 Å². The largest absolute Gasteiger partial charge is 0.309 e. The molecule has 0 heterocycles. The first-order valence-electron chi connectivity index (χ1n) is 8.34. The molecular weight excluding hydrogens is 244 g/mol. The molecule has 1 aromatic carbocycles. The van der Waals surface area contributed by atoms with Crippen molar-refractivity contribution in [2.75, 3.05) is 19.6 Å². The Labute approximate surface area is 124 Å². The van der Waals surface area contributed by atoms with E-state index in [2.05, 4.69) is 55.3 Å². The van der Waals surface area contributed by atoms with Crippen LogP contribution in [0.25, 0.3) is 0 Å². The van der Waals surface area contributed by atoms with Crippen LogP contribution >= 0.6 is 0 Å². The van der Waals surface area contributed by atoms with Crippen LogP contribution in [0.1, 0.15) is 57.2 Å². The van der Waals surface area contributed by atoms with Gasteiger partial charge >= 0.3 is 0 Å². The number of nitrogens with one attached hydrogen (secondary N) is 1. The van der Waals surface area contributed by atoms with Crippen molar-refractivity contribution >= 4 is 0 Å². The SMILES string of the molecule is CCCc1ccc(C(CN(CC)C2CC2)NCC)cc1. The van der Waals surface area contributed by atoms with E-state index in [0.717, 1.165) is 19.1 Å². The first kappa shape index (κ1) is 15.5. The van der Waals surface area contributed by atoms with Gasteiger partial charge in [0.05, 0.1) is 0 Å². The van der Waals surface area contributed by atoms with Crippen LogP contribution in [0.5, 0.6) is 0 Å². The molecule has 2 heteroatoms. The molecule has 1 N–H and O–H groups in total. The fourth-order valence-corrected chi connectivity index (χ4v) is 2.95. The number of likely N-dealkylation sites (N-methyl/N-ethyl adjacent to an activating group) is 2. The van der Waals surface area contributed by atoms with Gasteiger partial charge in [0.25, 0.3) is 0 Å². The molecule has 1 aliphatic rings. The zero-order valence-corrected chi connectivity index (χ0v) is 13.4. The van der Waals surface area contributed by atoms with Crippen LogP contribution in [-0.2, 0) is 6.42 Å². The maximum atomic E-state index is 3.66. The Bertz CT molecular complexity index is 381. The standard InChI is InChI=1S/C18H30N2/c1-4-7-15-8-10-16(11-9-15)18(19-5-2)14-20(6-3)17-12-13-17/h8-11,17-19H,4-7,12-14H2,1-3H3. The number of hydrogen-bond acceptors (Lipinski definition) is 2. The van der Waals surface area contributed by atoms with Crippen LogP contribution in [0.15, 0.2) is 24.3 Å². The lowest BCUT2D eigenvalue weighted by Crippen LogP contribution is -2.36. The zero-order chi connectivity index (χ0) is 14.4. The molecule has 0 bridgehead atoms. The average molecular weight is 274 g/mol. The molecule has 1 fully saturated rings. The van der Waals surface area contributed by atoms with Gasteiger partial charge in [-0.15, -0.1) is 0 Å². The van der Waals surface area contributed by atoms with Crippen molar-refractivity contribution in [2.45, 2.75) is 58.5 Å². The molecule has 112 valence electrons. The van der Waals surface area contributed by atoms with Gasteiger partial charge in [-0.3, -0.25) is 4.90 Å². The molecule has 0 saturated heterocycles. The Balaban J connectivity index is 2.02. The van der Waals surface area contributed by atoms with E-state index in [9.17, 15) is 0 Å². The van der Waals surface area contributed by atoms with Gasteiger partial charge in [0.15, 0.2) is 0 Å². The normalized spacial score (nSPS) is 16.6. The molecule has 0 radical (unpaired) electrons. The first-order chi connectivity index (χ1) is 9.78.